The third-order valence-corrected chi connectivity index (χ3v) is 4.90. The minimum Gasteiger partial charge on any atom is -0.466 e. The molecule has 3 rings (SSSR count). The Bertz CT molecular complexity index is 711. The van der Waals surface area contributed by atoms with Crippen molar-refractivity contribution in [2.45, 2.75) is 38.3 Å². The number of para-hydroxylation sites is 1. The molecule has 0 bridgehead atoms. The number of furan rings is 1. The Morgan fingerprint density at radius 1 is 1.21 bits per heavy atom. The Labute approximate surface area is 184 Å². The molecule has 1 saturated heterocycles. The summed E-state index contributed by atoms with van der Waals surface area (Å²) in [4.78, 5) is 7.00. The Kier molecular flexibility index (Phi) is 8.62. The summed E-state index contributed by atoms with van der Waals surface area (Å²) in [5.74, 6) is 1.26. The molecule has 0 aliphatic carbocycles. The number of aliphatic imine (C=N–C) groups is 1. The van der Waals surface area contributed by atoms with Crippen molar-refractivity contribution >= 4 is 35.6 Å². The fourth-order valence-electron chi connectivity index (χ4n) is 3.33. The molecule has 7 heteroatoms. The molecule has 0 radical (unpaired) electrons. The molecule has 2 aromatic rings. The molecule has 1 aliphatic heterocycles. The van der Waals surface area contributed by atoms with E-state index in [-0.39, 0.29) is 30.5 Å². The number of rotatable bonds is 6. The Morgan fingerprint density at radius 2 is 1.93 bits per heavy atom. The molecule has 28 heavy (non-hydrogen) atoms. The minimum absolute atomic E-state index is 0. The maximum atomic E-state index is 10.6. The van der Waals surface area contributed by atoms with Gasteiger partial charge < -0.3 is 25.1 Å². The summed E-state index contributed by atoms with van der Waals surface area (Å²) in [7, 11) is 0. The monoisotopic (exact) mass is 498 g/mol. The SMILES string of the molecule is CCNC(=NCC(C)(O)c1ccco1)NC1CCN(c2ccccc2)CC1.I. The van der Waals surface area contributed by atoms with Crippen LogP contribution in [-0.2, 0) is 5.60 Å². The normalized spacial score (nSPS) is 17.5. The quantitative estimate of drug-likeness (QED) is 0.324. The molecular weight excluding hydrogens is 467 g/mol. The lowest BCUT2D eigenvalue weighted by Gasteiger charge is -2.34. The highest BCUT2D eigenvalue weighted by Gasteiger charge is 2.26. The van der Waals surface area contributed by atoms with Gasteiger partial charge in [0.25, 0.3) is 0 Å². The summed E-state index contributed by atoms with van der Waals surface area (Å²) < 4.78 is 5.33. The predicted molar refractivity (Wildman–Crippen MR) is 124 cm³/mol. The largest absolute Gasteiger partial charge is 0.466 e. The Morgan fingerprint density at radius 3 is 2.54 bits per heavy atom. The summed E-state index contributed by atoms with van der Waals surface area (Å²) in [6, 6.07) is 14.5. The molecule has 0 spiro atoms. The summed E-state index contributed by atoms with van der Waals surface area (Å²) in [5, 5.41) is 17.4. The molecule has 1 atom stereocenters. The van der Waals surface area contributed by atoms with Crippen LogP contribution in [0.25, 0.3) is 0 Å². The molecule has 1 fully saturated rings. The highest BCUT2D eigenvalue weighted by molar-refractivity contribution is 14.0. The highest BCUT2D eigenvalue weighted by Crippen LogP contribution is 2.22. The zero-order valence-electron chi connectivity index (χ0n) is 16.6. The fourth-order valence-corrected chi connectivity index (χ4v) is 3.33. The van der Waals surface area contributed by atoms with Gasteiger partial charge in [-0.3, -0.25) is 0 Å². The third-order valence-electron chi connectivity index (χ3n) is 4.90. The van der Waals surface area contributed by atoms with Crippen molar-refractivity contribution in [1.82, 2.24) is 10.6 Å². The fraction of sp³-hybridized carbons (Fsp3) is 0.476. The van der Waals surface area contributed by atoms with Crippen LogP contribution in [0.4, 0.5) is 5.69 Å². The van der Waals surface area contributed by atoms with Crippen LogP contribution in [0.2, 0.25) is 0 Å². The van der Waals surface area contributed by atoms with Crippen LogP contribution in [0.1, 0.15) is 32.4 Å². The summed E-state index contributed by atoms with van der Waals surface area (Å²) in [6.45, 7) is 6.81. The van der Waals surface area contributed by atoms with E-state index in [9.17, 15) is 5.11 Å². The first kappa shape index (κ1) is 22.5. The first-order valence-corrected chi connectivity index (χ1v) is 9.69. The lowest BCUT2D eigenvalue weighted by Crippen LogP contribution is -2.49. The molecular formula is C21H31IN4O2. The van der Waals surface area contributed by atoms with E-state index < -0.39 is 5.60 Å². The number of guanidine groups is 1. The second kappa shape index (κ2) is 10.7. The van der Waals surface area contributed by atoms with Gasteiger partial charge in [-0.15, -0.1) is 24.0 Å². The van der Waals surface area contributed by atoms with Crippen LogP contribution < -0.4 is 15.5 Å². The molecule has 6 nitrogen and oxygen atoms in total. The first-order valence-electron chi connectivity index (χ1n) is 9.69. The van der Waals surface area contributed by atoms with Crippen molar-refractivity contribution in [1.29, 1.82) is 0 Å². The van der Waals surface area contributed by atoms with E-state index in [1.165, 1.54) is 5.69 Å². The van der Waals surface area contributed by atoms with Crippen molar-refractivity contribution in [2.24, 2.45) is 4.99 Å². The van der Waals surface area contributed by atoms with Gasteiger partial charge in [-0.2, -0.15) is 0 Å². The number of aliphatic hydroxyl groups is 1. The van der Waals surface area contributed by atoms with E-state index in [4.69, 9.17) is 4.42 Å². The zero-order valence-corrected chi connectivity index (χ0v) is 18.9. The van der Waals surface area contributed by atoms with E-state index >= 15 is 0 Å². The molecule has 1 aromatic carbocycles. The van der Waals surface area contributed by atoms with Gasteiger partial charge in [0.05, 0.1) is 12.8 Å². The van der Waals surface area contributed by atoms with Crippen LogP contribution in [0, 0.1) is 0 Å². The van der Waals surface area contributed by atoms with Gasteiger partial charge in [-0.25, -0.2) is 4.99 Å². The second-order valence-corrected chi connectivity index (χ2v) is 7.19. The number of hydrogen-bond acceptors (Lipinski definition) is 4. The summed E-state index contributed by atoms with van der Waals surface area (Å²) >= 11 is 0. The third kappa shape index (κ3) is 6.13. The molecule has 2 heterocycles. The van der Waals surface area contributed by atoms with Crippen molar-refractivity contribution in [3.63, 3.8) is 0 Å². The summed E-state index contributed by atoms with van der Waals surface area (Å²) in [6.07, 6.45) is 3.67. The van der Waals surface area contributed by atoms with Gasteiger partial charge in [-0.1, -0.05) is 18.2 Å². The van der Waals surface area contributed by atoms with Gasteiger partial charge >= 0.3 is 0 Å². The number of piperidine rings is 1. The van der Waals surface area contributed by atoms with Crippen LogP contribution in [0.5, 0.6) is 0 Å². The molecule has 0 saturated carbocycles. The van der Waals surface area contributed by atoms with Crippen molar-refractivity contribution in [3.05, 3.63) is 54.5 Å². The van der Waals surface area contributed by atoms with Crippen LogP contribution in [-0.4, -0.2) is 43.3 Å². The lowest BCUT2D eigenvalue weighted by atomic mass is 10.0. The Hall–Kier alpha value is -1.74. The van der Waals surface area contributed by atoms with Crippen LogP contribution >= 0.6 is 24.0 Å². The van der Waals surface area contributed by atoms with E-state index in [0.29, 0.717) is 11.8 Å². The number of nitrogens with zero attached hydrogens (tertiary/aromatic N) is 2. The van der Waals surface area contributed by atoms with Crippen LogP contribution in [0.3, 0.4) is 0 Å². The minimum atomic E-state index is -1.12. The van der Waals surface area contributed by atoms with Crippen molar-refractivity contribution in [2.75, 3.05) is 31.1 Å². The number of benzene rings is 1. The number of anilines is 1. The van der Waals surface area contributed by atoms with E-state index in [1.54, 1.807) is 25.3 Å². The lowest BCUT2D eigenvalue weighted by molar-refractivity contribution is 0.0436. The van der Waals surface area contributed by atoms with Gasteiger partial charge in [0, 0.05) is 31.4 Å². The van der Waals surface area contributed by atoms with E-state index in [2.05, 4.69) is 50.9 Å². The van der Waals surface area contributed by atoms with Crippen molar-refractivity contribution < 1.29 is 9.52 Å². The van der Waals surface area contributed by atoms with E-state index in [0.717, 1.165) is 38.4 Å². The average Bonchev–Trinajstić information content (AvgIpc) is 3.24. The molecule has 154 valence electrons. The topological polar surface area (TPSA) is 73.0 Å². The standard InChI is InChI=1S/C21H30N4O2.HI/c1-3-22-20(23-16-21(2,26)19-10-7-15-27-19)24-17-11-13-25(14-12-17)18-8-5-4-6-9-18;/h4-10,15,17,26H,3,11-14,16H2,1-2H3,(H2,22,23,24);1H. The molecule has 1 aromatic heterocycles. The van der Waals surface area contributed by atoms with Gasteiger partial charge in [0.15, 0.2) is 5.96 Å². The maximum absolute atomic E-state index is 10.6. The number of hydrogen-bond donors (Lipinski definition) is 3. The number of halogens is 1. The average molecular weight is 498 g/mol. The van der Waals surface area contributed by atoms with E-state index in [1.807, 2.05) is 6.92 Å². The first-order chi connectivity index (χ1) is 13.1. The van der Waals surface area contributed by atoms with Gasteiger partial charge in [0.2, 0.25) is 0 Å². The molecule has 0 amide bonds. The molecule has 1 unspecified atom stereocenters. The smallest absolute Gasteiger partial charge is 0.191 e. The Balaban J connectivity index is 0.00000280. The highest BCUT2D eigenvalue weighted by atomic mass is 127. The van der Waals surface area contributed by atoms with Crippen LogP contribution in [0.15, 0.2) is 58.1 Å². The maximum Gasteiger partial charge on any atom is 0.191 e. The van der Waals surface area contributed by atoms with Crippen molar-refractivity contribution in [3.8, 4) is 0 Å². The second-order valence-electron chi connectivity index (χ2n) is 7.19. The zero-order chi connectivity index (χ0) is 19.1. The van der Waals surface area contributed by atoms with Gasteiger partial charge in [-0.05, 0) is 51.0 Å². The number of nitrogens with one attached hydrogen (secondary N) is 2. The molecule has 3 N–H and O–H groups in total. The predicted octanol–water partition coefficient (Wildman–Crippen LogP) is 3.33. The molecule has 1 aliphatic rings. The summed E-state index contributed by atoms with van der Waals surface area (Å²) in [5.41, 5.74) is 0.161. The van der Waals surface area contributed by atoms with Gasteiger partial charge in [0.1, 0.15) is 11.4 Å².